The SMILES string of the molecule is CCOCC1(C)CCN(CCN)CC1. The molecule has 0 amide bonds. The van der Waals surface area contributed by atoms with Crippen molar-refractivity contribution in [3.05, 3.63) is 0 Å². The standard InChI is InChI=1S/C11H24N2O/c1-3-14-10-11(2)4-7-13(8-5-11)9-6-12/h3-10,12H2,1-2H3. The molecule has 2 N–H and O–H groups in total. The number of hydrogen-bond acceptors (Lipinski definition) is 3. The maximum absolute atomic E-state index is 5.54. The number of ether oxygens (including phenoxy) is 1. The maximum Gasteiger partial charge on any atom is 0.0520 e. The maximum atomic E-state index is 5.54. The molecule has 1 aliphatic heterocycles. The van der Waals surface area contributed by atoms with Gasteiger partial charge in [-0.05, 0) is 38.3 Å². The van der Waals surface area contributed by atoms with Gasteiger partial charge in [0.25, 0.3) is 0 Å². The second-order valence-electron chi connectivity index (χ2n) is 4.58. The van der Waals surface area contributed by atoms with E-state index in [0.717, 1.165) is 26.3 Å². The Bertz CT molecular complexity index is 153. The van der Waals surface area contributed by atoms with Crippen molar-refractivity contribution in [3.63, 3.8) is 0 Å². The minimum absolute atomic E-state index is 0.404. The van der Waals surface area contributed by atoms with Gasteiger partial charge in [0.05, 0.1) is 6.61 Å². The summed E-state index contributed by atoms with van der Waals surface area (Å²) in [6.07, 6.45) is 2.49. The van der Waals surface area contributed by atoms with Gasteiger partial charge in [0.15, 0.2) is 0 Å². The summed E-state index contributed by atoms with van der Waals surface area (Å²) in [6.45, 7) is 10.3. The Kier molecular flexibility index (Phi) is 4.85. The summed E-state index contributed by atoms with van der Waals surface area (Å²) in [6, 6.07) is 0. The molecule has 3 heteroatoms. The largest absolute Gasteiger partial charge is 0.381 e. The smallest absolute Gasteiger partial charge is 0.0520 e. The van der Waals surface area contributed by atoms with Crippen LogP contribution in [-0.4, -0.2) is 44.3 Å². The van der Waals surface area contributed by atoms with Crippen LogP contribution in [0, 0.1) is 5.41 Å². The summed E-state index contributed by atoms with van der Waals surface area (Å²) in [7, 11) is 0. The Hall–Kier alpha value is -0.120. The van der Waals surface area contributed by atoms with Crippen molar-refractivity contribution in [1.82, 2.24) is 4.90 Å². The first-order valence-electron chi connectivity index (χ1n) is 5.70. The lowest BCUT2D eigenvalue weighted by Gasteiger charge is -2.39. The molecule has 3 nitrogen and oxygen atoms in total. The average Bonchev–Trinajstić information content (AvgIpc) is 2.20. The summed E-state index contributed by atoms with van der Waals surface area (Å²) in [5.74, 6) is 0. The van der Waals surface area contributed by atoms with Crippen molar-refractivity contribution in [2.75, 3.05) is 39.4 Å². The van der Waals surface area contributed by atoms with Crippen molar-refractivity contribution < 1.29 is 4.74 Å². The average molecular weight is 200 g/mol. The van der Waals surface area contributed by atoms with Crippen molar-refractivity contribution >= 4 is 0 Å². The van der Waals surface area contributed by atoms with Crippen LogP contribution in [0.25, 0.3) is 0 Å². The van der Waals surface area contributed by atoms with Gasteiger partial charge in [0, 0.05) is 19.7 Å². The van der Waals surface area contributed by atoms with E-state index in [9.17, 15) is 0 Å². The van der Waals surface area contributed by atoms with Gasteiger partial charge >= 0.3 is 0 Å². The Balaban J connectivity index is 2.25. The van der Waals surface area contributed by atoms with Crippen molar-refractivity contribution in [2.45, 2.75) is 26.7 Å². The van der Waals surface area contributed by atoms with Crippen LogP contribution in [0.2, 0.25) is 0 Å². The third kappa shape index (κ3) is 3.56. The van der Waals surface area contributed by atoms with E-state index in [4.69, 9.17) is 10.5 Å². The fourth-order valence-electron chi connectivity index (χ4n) is 1.99. The molecule has 0 spiro atoms. The van der Waals surface area contributed by atoms with Gasteiger partial charge in [-0.15, -0.1) is 0 Å². The van der Waals surface area contributed by atoms with E-state index in [0.29, 0.717) is 5.41 Å². The van der Waals surface area contributed by atoms with E-state index in [2.05, 4.69) is 18.7 Å². The van der Waals surface area contributed by atoms with E-state index < -0.39 is 0 Å². The molecule has 0 aliphatic carbocycles. The highest BCUT2D eigenvalue weighted by atomic mass is 16.5. The fraction of sp³-hybridized carbons (Fsp3) is 1.00. The van der Waals surface area contributed by atoms with Crippen LogP contribution in [0.5, 0.6) is 0 Å². The molecule has 0 radical (unpaired) electrons. The van der Waals surface area contributed by atoms with Crippen LogP contribution in [-0.2, 0) is 4.74 Å². The minimum Gasteiger partial charge on any atom is -0.381 e. The van der Waals surface area contributed by atoms with Gasteiger partial charge in [-0.2, -0.15) is 0 Å². The molecular weight excluding hydrogens is 176 g/mol. The van der Waals surface area contributed by atoms with Crippen LogP contribution < -0.4 is 5.73 Å². The number of likely N-dealkylation sites (tertiary alicyclic amines) is 1. The molecule has 0 bridgehead atoms. The molecule has 0 aromatic rings. The zero-order valence-electron chi connectivity index (χ0n) is 9.59. The predicted molar refractivity (Wildman–Crippen MR) is 59.3 cm³/mol. The monoisotopic (exact) mass is 200 g/mol. The highest BCUT2D eigenvalue weighted by Gasteiger charge is 2.29. The predicted octanol–water partition coefficient (Wildman–Crippen LogP) is 1.08. The third-order valence-corrected chi connectivity index (χ3v) is 3.16. The number of piperidine rings is 1. The van der Waals surface area contributed by atoms with Crippen LogP contribution in [0.4, 0.5) is 0 Å². The first-order chi connectivity index (χ1) is 6.70. The highest BCUT2D eigenvalue weighted by Crippen LogP contribution is 2.30. The molecule has 0 aromatic carbocycles. The normalized spacial score (nSPS) is 22.5. The van der Waals surface area contributed by atoms with Gasteiger partial charge in [0.1, 0.15) is 0 Å². The molecule has 1 rings (SSSR count). The van der Waals surface area contributed by atoms with Crippen LogP contribution in [0.15, 0.2) is 0 Å². The lowest BCUT2D eigenvalue weighted by Crippen LogP contribution is -2.42. The minimum atomic E-state index is 0.404. The summed E-state index contributed by atoms with van der Waals surface area (Å²) < 4.78 is 5.53. The number of nitrogens with zero attached hydrogens (tertiary/aromatic N) is 1. The second-order valence-corrected chi connectivity index (χ2v) is 4.58. The molecule has 0 aromatic heterocycles. The zero-order chi connectivity index (χ0) is 10.4. The van der Waals surface area contributed by atoms with Crippen molar-refractivity contribution in [1.29, 1.82) is 0 Å². The van der Waals surface area contributed by atoms with E-state index in [1.54, 1.807) is 0 Å². The van der Waals surface area contributed by atoms with Crippen LogP contribution in [0.3, 0.4) is 0 Å². The lowest BCUT2D eigenvalue weighted by atomic mass is 9.81. The molecule has 0 unspecified atom stereocenters. The van der Waals surface area contributed by atoms with Gasteiger partial charge in [-0.3, -0.25) is 0 Å². The van der Waals surface area contributed by atoms with E-state index in [1.807, 2.05) is 0 Å². The van der Waals surface area contributed by atoms with Gasteiger partial charge in [0.2, 0.25) is 0 Å². The quantitative estimate of drug-likeness (QED) is 0.722. The lowest BCUT2D eigenvalue weighted by molar-refractivity contribution is 0.0169. The van der Waals surface area contributed by atoms with E-state index in [1.165, 1.54) is 25.9 Å². The molecule has 0 atom stereocenters. The summed E-state index contributed by atoms with van der Waals surface area (Å²) in [4.78, 5) is 2.45. The summed E-state index contributed by atoms with van der Waals surface area (Å²) in [5, 5.41) is 0. The third-order valence-electron chi connectivity index (χ3n) is 3.16. The number of nitrogens with two attached hydrogens (primary N) is 1. The van der Waals surface area contributed by atoms with Crippen molar-refractivity contribution in [2.24, 2.45) is 11.1 Å². The molecule has 1 saturated heterocycles. The summed E-state index contributed by atoms with van der Waals surface area (Å²) in [5.41, 5.74) is 5.94. The van der Waals surface area contributed by atoms with E-state index in [-0.39, 0.29) is 0 Å². The Morgan fingerprint density at radius 1 is 1.36 bits per heavy atom. The molecular formula is C11H24N2O. The van der Waals surface area contributed by atoms with Gasteiger partial charge < -0.3 is 15.4 Å². The molecule has 1 fully saturated rings. The Morgan fingerprint density at radius 3 is 2.50 bits per heavy atom. The van der Waals surface area contributed by atoms with Gasteiger partial charge in [-0.25, -0.2) is 0 Å². The molecule has 14 heavy (non-hydrogen) atoms. The van der Waals surface area contributed by atoms with Crippen molar-refractivity contribution in [3.8, 4) is 0 Å². The van der Waals surface area contributed by atoms with Crippen LogP contribution in [0.1, 0.15) is 26.7 Å². The summed E-state index contributed by atoms with van der Waals surface area (Å²) >= 11 is 0. The molecule has 1 aliphatic rings. The molecule has 0 saturated carbocycles. The number of rotatable bonds is 5. The van der Waals surface area contributed by atoms with Crippen LogP contribution >= 0.6 is 0 Å². The first-order valence-corrected chi connectivity index (χ1v) is 5.70. The Morgan fingerprint density at radius 2 is 2.00 bits per heavy atom. The molecule has 1 heterocycles. The Labute approximate surface area is 87.6 Å². The second kappa shape index (κ2) is 5.69. The first kappa shape index (κ1) is 12.0. The topological polar surface area (TPSA) is 38.5 Å². The molecule has 84 valence electrons. The van der Waals surface area contributed by atoms with E-state index >= 15 is 0 Å². The highest BCUT2D eigenvalue weighted by molar-refractivity contribution is 4.82. The zero-order valence-corrected chi connectivity index (χ0v) is 9.59. The van der Waals surface area contributed by atoms with Gasteiger partial charge in [-0.1, -0.05) is 6.92 Å². The fourth-order valence-corrected chi connectivity index (χ4v) is 1.99. The number of hydrogen-bond donors (Lipinski definition) is 1.